The van der Waals surface area contributed by atoms with E-state index in [0.29, 0.717) is 32.5 Å². The summed E-state index contributed by atoms with van der Waals surface area (Å²) in [7, 11) is 0. The van der Waals surface area contributed by atoms with E-state index in [9.17, 15) is 14.4 Å². The first kappa shape index (κ1) is 24.7. The molecule has 0 aromatic heterocycles. The van der Waals surface area contributed by atoms with Gasteiger partial charge < -0.3 is 24.8 Å². The zero-order valence-electron chi connectivity index (χ0n) is 20.2. The molecule has 1 aliphatic heterocycles. The summed E-state index contributed by atoms with van der Waals surface area (Å²) < 4.78 is 10.9. The van der Waals surface area contributed by atoms with Gasteiger partial charge in [0.25, 0.3) is 0 Å². The van der Waals surface area contributed by atoms with Gasteiger partial charge in [-0.3, -0.25) is 4.79 Å². The first-order valence-corrected chi connectivity index (χ1v) is 12.0. The van der Waals surface area contributed by atoms with Crippen LogP contribution in [0.4, 0.5) is 4.79 Å². The number of nitrogens with one attached hydrogen (secondary N) is 1. The van der Waals surface area contributed by atoms with E-state index in [-0.39, 0.29) is 31.0 Å². The molecular formula is C27H32N2O6. The van der Waals surface area contributed by atoms with Gasteiger partial charge in [0.15, 0.2) is 0 Å². The minimum atomic E-state index is -1.02. The molecule has 4 rings (SSSR count). The lowest BCUT2D eigenvalue weighted by Gasteiger charge is -2.47. The van der Waals surface area contributed by atoms with Crippen molar-refractivity contribution in [2.24, 2.45) is 5.92 Å². The molecule has 1 saturated heterocycles. The van der Waals surface area contributed by atoms with Gasteiger partial charge in [-0.2, -0.15) is 0 Å². The maximum absolute atomic E-state index is 12.5. The quantitative estimate of drug-likeness (QED) is 0.538. The van der Waals surface area contributed by atoms with E-state index in [4.69, 9.17) is 14.6 Å². The average molecular weight is 481 g/mol. The predicted molar refractivity (Wildman–Crippen MR) is 130 cm³/mol. The molecule has 1 fully saturated rings. The summed E-state index contributed by atoms with van der Waals surface area (Å²) in [6.07, 6.45) is 0.553. The fraction of sp³-hybridized carbons (Fsp3) is 0.444. The number of likely N-dealkylation sites (tertiary alicyclic amines) is 1. The first-order chi connectivity index (χ1) is 16.8. The number of hydrogen-bond acceptors (Lipinski definition) is 5. The maximum Gasteiger partial charge on any atom is 0.407 e. The summed E-state index contributed by atoms with van der Waals surface area (Å²) in [5.74, 6) is -0.905. The number of carbonyl (C=O) groups is 3. The number of hydrogen-bond donors (Lipinski definition) is 2. The highest BCUT2D eigenvalue weighted by Crippen LogP contribution is 2.44. The number of carboxylic acid groups (broad SMARTS) is 1. The molecule has 0 saturated carbocycles. The van der Waals surface area contributed by atoms with Crippen LogP contribution < -0.4 is 5.32 Å². The van der Waals surface area contributed by atoms with E-state index in [1.165, 1.54) is 22.3 Å². The molecular weight excluding hydrogens is 448 g/mol. The third-order valence-corrected chi connectivity index (χ3v) is 6.72. The summed E-state index contributed by atoms with van der Waals surface area (Å²) >= 11 is 0. The standard InChI is InChI=1S/C27H32N2O6/c1-18(13-24(30)29-16-27(2,17-29)35-15-25(31)32)11-12-28-26(33)34-14-23-21-9-5-3-7-19(21)20-8-4-6-10-22(20)23/h3-10,18,23H,11-17H2,1-2H3,(H,28,33)(H,31,32). The molecule has 35 heavy (non-hydrogen) atoms. The number of ether oxygens (including phenoxy) is 2. The number of alkyl carbamates (subject to hydrolysis) is 1. The molecule has 2 aromatic carbocycles. The number of rotatable bonds is 10. The topological polar surface area (TPSA) is 105 Å². The van der Waals surface area contributed by atoms with Gasteiger partial charge in [0, 0.05) is 18.9 Å². The Kier molecular flexibility index (Phi) is 7.40. The number of nitrogens with zero attached hydrogens (tertiary/aromatic N) is 1. The fourth-order valence-corrected chi connectivity index (χ4v) is 4.86. The zero-order chi connectivity index (χ0) is 25.0. The van der Waals surface area contributed by atoms with Gasteiger partial charge in [-0.15, -0.1) is 0 Å². The number of carboxylic acids is 1. The Morgan fingerprint density at radius 1 is 1.09 bits per heavy atom. The van der Waals surface area contributed by atoms with Crippen LogP contribution in [0, 0.1) is 5.92 Å². The van der Waals surface area contributed by atoms with Crippen LogP contribution in [-0.2, 0) is 19.1 Å². The van der Waals surface area contributed by atoms with E-state index in [2.05, 4.69) is 29.6 Å². The minimum Gasteiger partial charge on any atom is -0.480 e. The third-order valence-electron chi connectivity index (χ3n) is 6.72. The summed E-state index contributed by atoms with van der Waals surface area (Å²) in [5.41, 5.74) is 4.12. The molecule has 8 heteroatoms. The van der Waals surface area contributed by atoms with Gasteiger partial charge in [0.05, 0.1) is 13.1 Å². The van der Waals surface area contributed by atoms with Crippen LogP contribution in [0.1, 0.15) is 43.7 Å². The molecule has 0 radical (unpaired) electrons. The average Bonchev–Trinajstić information content (AvgIpc) is 3.13. The maximum atomic E-state index is 12.5. The van der Waals surface area contributed by atoms with E-state index < -0.39 is 17.7 Å². The summed E-state index contributed by atoms with van der Waals surface area (Å²) in [6.45, 7) is 4.89. The smallest absolute Gasteiger partial charge is 0.407 e. The fourth-order valence-electron chi connectivity index (χ4n) is 4.86. The normalized spacial score (nSPS) is 16.6. The van der Waals surface area contributed by atoms with Crippen LogP contribution >= 0.6 is 0 Å². The second-order valence-electron chi connectivity index (χ2n) is 9.73. The van der Waals surface area contributed by atoms with E-state index in [1.807, 2.05) is 31.2 Å². The van der Waals surface area contributed by atoms with Crippen LogP contribution in [0.15, 0.2) is 48.5 Å². The van der Waals surface area contributed by atoms with Crippen molar-refractivity contribution in [2.45, 2.75) is 38.2 Å². The van der Waals surface area contributed by atoms with Crippen molar-refractivity contribution in [3.05, 3.63) is 59.7 Å². The van der Waals surface area contributed by atoms with Crippen LogP contribution in [0.2, 0.25) is 0 Å². The Balaban J connectivity index is 1.16. The Labute approximate surface area is 205 Å². The first-order valence-electron chi connectivity index (χ1n) is 12.0. The predicted octanol–water partition coefficient (Wildman–Crippen LogP) is 3.64. The van der Waals surface area contributed by atoms with Gasteiger partial charge in [-0.05, 0) is 41.5 Å². The van der Waals surface area contributed by atoms with Crippen molar-refractivity contribution in [3.63, 3.8) is 0 Å². The lowest BCUT2D eigenvalue weighted by molar-refractivity contribution is -0.173. The van der Waals surface area contributed by atoms with Gasteiger partial charge in [0.2, 0.25) is 5.91 Å². The van der Waals surface area contributed by atoms with E-state index in [0.717, 1.165) is 0 Å². The molecule has 2 aromatic rings. The minimum absolute atomic E-state index is 0.00930. The molecule has 0 bridgehead atoms. The van der Waals surface area contributed by atoms with Gasteiger partial charge >= 0.3 is 12.1 Å². The Morgan fingerprint density at radius 3 is 2.29 bits per heavy atom. The van der Waals surface area contributed by atoms with Crippen molar-refractivity contribution in [1.29, 1.82) is 0 Å². The lowest BCUT2D eigenvalue weighted by atomic mass is 9.94. The van der Waals surface area contributed by atoms with Crippen LogP contribution in [0.3, 0.4) is 0 Å². The second-order valence-corrected chi connectivity index (χ2v) is 9.73. The molecule has 2 N–H and O–H groups in total. The largest absolute Gasteiger partial charge is 0.480 e. The van der Waals surface area contributed by atoms with Crippen molar-refractivity contribution in [3.8, 4) is 11.1 Å². The number of aliphatic carboxylic acids is 1. The number of carbonyl (C=O) groups excluding carboxylic acids is 2. The SMILES string of the molecule is CC(CCNC(=O)OCC1c2ccccc2-c2ccccc21)CC(=O)N1CC(C)(OCC(=O)O)C1. The third kappa shape index (κ3) is 5.82. The highest BCUT2D eigenvalue weighted by molar-refractivity contribution is 5.79. The van der Waals surface area contributed by atoms with Gasteiger partial charge in [-0.1, -0.05) is 55.5 Å². The highest BCUT2D eigenvalue weighted by atomic mass is 16.5. The summed E-state index contributed by atoms with van der Waals surface area (Å²) in [4.78, 5) is 37.1. The number of amides is 2. The Bertz CT molecular complexity index is 1050. The molecule has 1 aliphatic carbocycles. The molecule has 186 valence electrons. The Morgan fingerprint density at radius 2 is 1.69 bits per heavy atom. The number of fused-ring (bicyclic) bond motifs is 3. The highest BCUT2D eigenvalue weighted by Gasteiger charge is 2.42. The summed E-state index contributed by atoms with van der Waals surface area (Å²) in [6, 6.07) is 16.4. The lowest BCUT2D eigenvalue weighted by Crippen LogP contribution is -2.63. The molecule has 0 spiro atoms. The van der Waals surface area contributed by atoms with Crippen molar-refractivity contribution < 1.29 is 29.0 Å². The van der Waals surface area contributed by atoms with Gasteiger partial charge in [-0.25, -0.2) is 9.59 Å². The van der Waals surface area contributed by atoms with Crippen LogP contribution in [-0.4, -0.2) is 66.4 Å². The molecule has 1 atom stereocenters. The Hall–Kier alpha value is -3.39. The van der Waals surface area contributed by atoms with Crippen LogP contribution in [0.5, 0.6) is 0 Å². The van der Waals surface area contributed by atoms with Gasteiger partial charge in [0.1, 0.15) is 18.8 Å². The zero-order valence-corrected chi connectivity index (χ0v) is 20.2. The molecule has 8 nitrogen and oxygen atoms in total. The van der Waals surface area contributed by atoms with Crippen molar-refractivity contribution in [2.75, 3.05) is 32.8 Å². The second kappa shape index (κ2) is 10.5. The summed E-state index contributed by atoms with van der Waals surface area (Å²) in [5, 5.41) is 11.5. The van der Waals surface area contributed by atoms with E-state index >= 15 is 0 Å². The van der Waals surface area contributed by atoms with Crippen LogP contribution in [0.25, 0.3) is 11.1 Å². The number of benzene rings is 2. The molecule has 2 aliphatic rings. The van der Waals surface area contributed by atoms with Crippen molar-refractivity contribution in [1.82, 2.24) is 10.2 Å². The molecule has 2 amide bonds. The van der Waals surface area contributed by atoms with E-state index in [1.54, 1.807) is 11.8 Å². The molecule has 1 unspecified atom stereocenters. The van der Waals surface area contributed by atoms with Crippen molar-refractivity contribution >= 4 is 18.0 Å². The monoisotopic (exact) mass is 480 g/mol. The molecule has 1 heterocycles.